The molecule has 0 radical (unpaired) electrons. The fourth-order valence-electron chi connectivity index (χ4n) is 1.31. The molecule has 0 aromatic heterocycles. The predicted molar refractivity (Wildman–Crippen MR) is 79.1 cm³/mol. The van der Waals surface area contributed by atoms with Crippen molar-refractivity contribution in [3.8, 4) is 0 Å². The average Bonchev–Trinajstić information content (AvgIpc) is 2.29. The molecule has 0 bridgehead atoms. The van der Waals surface area contributed by atoms with Gasteiger partial charge in [-0.2, -0.15) is 11.8 Å². The molecule has 1 aromatic rings. The number of unbranched alkanes of at least 4 members (excludes halogenated alkanes) is 1. The molecule has 0 saturated carbocycles. The number of halogens is 1. The van der Waals surface area contributed by atoms with Crippen LogP contribution in [0.1, 0.15) is 23.2 Å². The van der Waals surface area contributed by atoms with E-state index in [1.54, 1.807) is 0 Å². The summed E-state index contributed by atoms with van der Waals surface area (Å²) in [5, 5.41) is 2.95. The highest BCUT2D eigenvalue weighted by atomic mass is 127. The van der Waals surface area contributed by atoms with Crippen LogP contribution in [0.4, 0.5) is 0 Å². The molecular formula is C12H16INOS. The smallest absolute Gasteiger partial charge is 0.252 e. The molecular weight excluding hydrogens is 333 g/mol. The van der Waals surface area contributed by atoms with E-state index in [9.17, 15) is 4.79 Å². The second kappa shape index (κ2) is 7.95. The fourth-order valence-corrected chi connectivity index (χ4v) is 2.44. The van der Waals surface area contributed by atoms with Crippen molar-refractivity contribution in [1.29, 1.82) is 0 Å². The summed E-state index contributed by atoms with van der Waals surface area (Å²) in [6.07, 6.45) is 4.31. The second-order valence-corrected chi connectivity index (χ2v) is 5.58. The number of rotatable bonds is 6. The number of hydrogen-bond donors (Lipinski definition) is 1. The lowest BCUT2D eigenvalue weighted by Gasteiger charge is -2.06. The number of nitrogens with one attached hydrogen (secondary N) is 1. The first-order chi connectivity index (χ1) is 7.75. The highest BCUT2D eigenvalue weighted by Crippen LogP contribution is 2.10. The van der Waals surface area contributed by atoms with E-state index >= 15 is 0 Å². The minimum Gasteiger partial charge on any atom is -0.352 e. The third-order valence-corrected chi connectivity index (χ3v) is 3.82. The van der Waals surface area contributed by atoms with E-state index in [0.717, 1.165) is 28.5 Å². The van der Waals surface area contributed by atoms with Crippen molar-refractivity contribution in [3.05, 3.63) is 33.4 Å². The molecule has 0 heterocycles. The number of thioether (sulfide) groups is 1. The van der Waals surface area contributed by atoms with E-state index in [0.29, 0.717) is 0 Å². The van der Waals surface area contributed by atoms with E-state index in [1.807, 2.05) is 36.0 Å². The van der Waals surface area contributed by atoms with Crippen LogP contribution in [0.15, 0.2) is 24.3 Å². The lowest BCUT2D eigenvalue weighted by molar-refractivity contribution is 0.0952. The summed E-state index contributed by atoms with van der Waals surface area (Å²) in [5.74, 6) is 1.20. The zero-order valence-electron chi connectivity index (χ0n) is 9.33. The van der Waals surface area contributed by atoms with Crippen molar-refractivity contribution in [2.45, 2.75) is 12.8 Å². The van der Waals surface area contributed by atoms with E-state index < -0.39 is 0 Å². The summed E-state index contributed by atoms with van der Waals surface area (Å²) in [5.41, 5.74) is 0.771. The summed E-state index contributed by atoms with van der Waals surface area (Å²) in [6, 6.07) is 7.64. The normalized spacial score (nSPS) is 10.1. The molecule has 1 aromatic carbocycles. The summed E-state index contributed by atoms with van der Waals surface area (Å²) in [6.45, 7) is 0.768. The van der Waals surface area contributed by atoms with Crippen LogP contribution >= 0.6 is 34.4 Å². The molecule has 0 saturated heterocycles. The molecule has 16 heavy (non-hydrogen) atoms. The Labute approximate surface area is 115 Å². The molecule has 0 aliphatic heterocycles. The fraction of sp³-hybridized carbons (Fsp3) is 0.417. The molecule has 88 valence electrons. The lowest BCUT2D eigenvalue weighted by atomic mass is 10.2. The molecule has 1 rings (SSSR count). The maximum Gasteiger partial charge on any atom is 0.252 e. The van der Waals surface area contributed by atoms with Gasteiger partial charge in [0, 0.05) is 10.1 Å². The number of amides is 1. The van der Waals surface area contributed by atoms with Gasteiger partial charge in [-0.3, -0.25) is 4.79 Å². The van der Waals surface area contributed by atoms with Gasteiger partial charge in [0.15, 0.2) is 0 Å². The molecule has 0 spiro atoms. The first-order valence-electron chi connectivity index (χ1n) is 5.27. The van der Waals surface area contributed by atoms with Crippen molar-refractivity contribution in [1.82, 2.24) is 5.32 Å². The van der Waals surface area contributed by atoms with Crippen LogP contribution in [0.3, 0.4) is 0 Å². The van der Waals surface area contributed by atoms with E-state index in [-0.39, 0.29) is 5.91 Å². The molecule has 0 atom stereocenters. The topological polar surface area (TPSA) is 29.1 Å². The maximum atomic E-state index is 11.8. The quantitative estimate of drug-likeness (QED) is 0.631. The van der Waals surface area contributed by atoms with Crippen molar-refractivity contribution in [2.75, 3.05) is 18.6 Å². The Morgan fingerprint density at radius 2 is 2.12 bits per heavy atom. The number of carbonyl (C=O) groups is 1. The maximum absolute atomic E-state index is 11.8. The van der Waals surface area contributed by atoms with Crippen LogP contribution in [0.25, 0.3) is 0 Å². The molecule has 4 heteroatoms. The van der Waals surface area contributed by atoms with Gasteiger partial charge in [0.05, 0.1) is 5.56 Å². The van der Waals surface area contributed by atoms with Gasteiger partial charge in [-0.25, -0.2) is 0 Å². The SMILES string of the molecule is CSCCCCNC(=O)c1ccccc1I. The molecule has 1 amide bonds. The van der Waals surface area contributed by atoms with Gasteiger partial charge in [0.1, 0.15) is 0 Å². The van der Waals surface area contributed by atoms with Crippen LogP contribution in [0, 0.1) is 3.57 Å². The molecule has 2 nitrogen and oxygen atoms in total. The number of carbonyl (C=O) groups excluding carboxylic acids is 1. The Morgan fingerprint density at radius 3 is 2.81 bits per heavy atom. The van der Waals surface area contributed by atoms with Crippen molar-refractivity contribution >= 4 is 40.3 Å². The van der Waals surface area contributed by atoms with E-state index in [1.165, 1.54) is 5.75 Å². The van der Waals surface area contributed by atoms with Gasteiger partial charge in [0.25, 0.3) is 5.91 Å². The van der Waals surface area contributed by atoms with Crippen molar-refractivity contribution in [2.24, 2.45) is 0 Å². The summed E-state index contributed by atoms with van der Waals surface area (Å²) in [7, 11) is 0. The summed E-state index contributed by atoms with van der Waals surface area (Å²) >= 11 is 4.03. The average molecular weight is 349 g/mol. The van der Waals surface area contributed by atoms with Crippen LogP contribution < -0.4 is 5.32 Å². The monoisotopic (exact) mass is 349 g/mol. The molecule has 0 aliphatic carbocycles. The third-order valence-electron chi connectivity index (χ3n) is 2.18. The zero-order chi connectivity index (χ0) is 11.8. The standard InChI is InChI=1S/C12H16INOS/c1-16-9-5-4-8-14-12(15)10-6-2-3-7-11(10)13/h2-3,6-7H,4-5,8-9H2,1H3,(H,14,15). The zero-order valence-corrected chi connectivity index (χ0v) is 12.3. The predicted octanol–water partition coefficient (Wildman–Crippen LogP) is 3.16. The van der Waals surface area contributed by atoms with Crippen molar-refractivity contribution in [3.63, 3.8) is 0 Å². The Kier molecular flexibility index (Phi) is 6.87. The van der Waals surface area contributed by atoms with Gasteiger partial charge in [-0.05, 0) is 59.6 Å². The number of benzene rings is 1. The van der Waals surface area contributed by atoms with Crippen LogP contribution in [-0.2, 0) is 0 Å². The third kappa shape index (κ3) is 4.74. The Bertz CT molecular complexity index is 344. The van der Waals surface area contributed by atoms with Crippen LogP contribution in [-0.4, -0.2) is 24.5 Å². The number of hydrogen-bond acceptors (Lipinski definition) is 2. The van der Waals surface area contributed by atoms with E-state index in [2.05, 4.69) is 34.2 Å². The highest BCUT2D eigenvalue weighted by Gasteiger charge is 2.07. The summed E-state index contributed by atoms with van der Waals surface area (Å²) < 4.78 is 1.00. The van der Waals surface area contributed by atoms with Gasteiger partial charge in [-0.1, -0.05) is 12.1 Å². The van der Waals surface area contributed by atoms with Crippen molar-refractivity contribution < 1.29 is 4.79 Å². The minimum absolute atomic E-state index is 0.0363. The van der Waals surface area contributed by atoms with Crippen LogP contribution in [0.5, 0.6) is 0 Å². The van der Waals surface area contributed by atoms with Gasteiger partial charge in [0.2, 0.25) is 0 Å². The Hall–Kier alpha value is -0.230. The lowest BCUT2D eigenvalue weighted by Crippen LogP contribution is -2.25. The minimum atomic E-state index is 0.0363. The molecule has 0 aliphatic rings. The Balaban J connectivity index is 2.33. The molecule has 1 N–H and O–H groups in total. The first-order valence-corrected chi connectivity index (χ1v) is 7.74. The second-order valence-electron chi connectivity index (χ2n) is 3.44. The highest BCUT2D eigenvalue weighted by molar-refractivity contribution is 14.1. The van der Waals surface area contributed by atoms with Gasteiger partial charge < -0.3 is 5.32 Å². The van der Waals surface area contributed by atoms with Gasteiger partial charge in [-0.15, -0.1) is 0 Å². The first kappa shape index (κ1) is 13.8. The molecule has 0 fully saturated rings. The largest absolute Gasteiger partial charge is 0.352 e. The summed E-state index contributed by atoms with van der Waals surface area (Å²) in [4.78, 5) is 11.8. The molecule has 0 unspecified atom stereocenters. The van der Waals surface area contributed by atoms with Gasteiger partial charge >= 0.3 is 0 Å². The Morgan fingerprint density at radius 1 is 1.38 bits per heavy atom. The van der Waals surface area contributed by atoms with E-state index in [4.69, 9.17) is 0 Å². The van der Waals surface area contributed by atoms with Crippen LogP contribution in [0.2, 0.25) is 0 Å².